The van der Waals surface area contributed by atoms with E-state index >= 15 is 0 Å². The van der Waals surface area contributed by atoms with Crippen LogP contribution in [-0.4, -0.2) is 34.6 Å². The standard InChI is InChI=1S/C20H19N5O2S/c1-3-22-19(26)25-20-24-16-10-13(12-5-4-8-21-11-12)9-14(18(16)28-20)15-6-7-17(23-15)27-2/h4-11,23H,3H2,1-2H3,(H2,22,24,25,26). The van der Waals surface area contributed by atoms with E-state index in [2.05, 4.69) is 31.7 Å². The Morgan fingerprint density at radius 2 is 2.14 bits per heavy atom. The van der Waals surface area contributed by atoms with Gasteiger partial charge in [0, 0.05) is 41.8 Å². The number of hydrogen-bond acceptors (Lipinski definition) is 5. The Balaban J connectivity index is 1.85. The van der Waals surface area contributed by atoms with E-state index < -0.39 is 0 Å². The van der Waals surface area contributed by atoms with Crippen molar-refractivity contribution in [2.75, 3.05) is 19.0 Å². The van der Waals surface area contributed by atoms with Crippen LogP contribution >= 0.6 is 11.3 Å². The Morgan fingerprint density at radius 3 is 2.86 bits per heavy atom. The van der Waals surface area contributed by atoms with Gasteiger partial charge >= 0.3 is 6.03 Å². The van der Waals surface area contributed by atoms with Crippen molar-refractivity contribution in [1.82, 2.24) is 20.3 Å². The smallest absolute Gasteiger partial charge is 0.321 e. The number of carbonyl (C=O) groups excluding carboxylic acids is 1. The SMILES string of the molecule is CCNC(=O)Nc1nc2cc(-c3cccnc3)cc(-c3ccc(OC)[nH]3)c2s1. The first-order valence-corrected chi connectivity index (χ1v) is 9.62. The van der Waals surface area contributed by atoms with E-state index in [0.29, 0.717) is 17.6 Å². The third-order valence-corrected chi connectivity index (χ3v) is 5.23. The summed E-state index contributed by atoms with van der Waals surface area (Å²) in [5.74, 6) is 0.681. The highest BCUT2D eigenvalue weighted by Crippen LogP contribution is 2.38. The number of carbonyl (C=O) groups is 1. The zero-order valence-electron chi connectivity index (χ0n) is 15.4. The zero-order valence-corrected chi connectivity index (χ0v) is 16.3. The molecule has 0 unspecified atom stereocenters. The molecule has 3 aromatic heterocycles. The van der Waals surface area contributed by atoms with Crippen molar-refractivity contribution in [1.29, 1.82) is 0 Å². The molecular formula is C20H19N5O2S. The third-order valence-electron chi connectivity index (χ3n) is 4.21. The van der Waals surface area contributed by atoms with Crippen LogP contribution in [0.4, 0.5) is 9.93 Å². The summed E-state index contributed by atoms with van der Waals surface area (Å²) in [6.07, 6.45) is 3.57. The summed E-state index contributed by atoms with van der Waals surface area (Å²) in [6, 6.07) is 11.6. The van der Waals surface area contributed by atoms with Crippen molar-refractivity contribution >= 4 is 32.7 Å². The molecule has 0 aliphatic rings. The maximum absolute atomic E-state index is 11.9. The Labute approximate surface area is 165 Å². The van der Waals surface area contributed by atoms with Crippen LogP contribution in [0.2, 0.25) is 0 Å². The molecule has 8 heteroatoms. The van der Waals surface area contributed by atoms with Crippen molar-refractivity contribution in [3.05, 3.63) is 48.8 Å². The summed E-state index contributed by atoms with van der Waals surface area (Å²) in [6.45, 7) is 2.42. The first-order chi connectivity index (χ1) is 13.7. The van der Waals surface area contributed by atoms with E-state index in [1.54, 1.807) is 13.3 Å². The molecular weight excluding hydrogens is 374 g/mol. The van der Waals surface area contributed by atoms with E-state index in [1.165, 1.54) is 11.3 Å². The molecule has 4 rings (SSSR count). The van der Waals surface area contributed by atoms with Gasteiger partial charge in [0.1, 0.15) is 0 Å². The molecule has 1 aromatic carbocycles. The van der Waals surface area contributed by atoms with Crippen LogP contribution in [-0.2, 0) is 0 Å². The zero-order chi connectivity index (χ0) is 19.5. The summed E-state index contributed by atoms with van der Waals surface area (Å²) >= 11 is 1.43. The molecule has 0 atom stereocenters. The van der Waals surface area contributed by atoms with Crippen molar-refractivity contribution < 1.29 is 9.53 Å². The molecule has 0 fully saturated rings. The summed E-state index contributed by atoms with van der Waals surface area (Å²) in [4.78, 5) is 24.0. The van der Waals surface area contributed by atoms with Crippen LogP contribution in [0, 0.1) is 0 Å². The number of aromatic nitrogens is 3. The molecule has 0 bridgehead atoms. The number of fused-ring (bicyclic) bond motifs is 1. The maximum atomic E-state index is 11.9. The number of amides is 2. The summed E-state index contributed by atoms with van der Waals surface area (Å²) in [5.41, 5.74) is 4.71. The van der Waals surface area contributed by atoms with Gasteiger partial charge in [0.25, 0.3) is 0 Å². The lowest BCUT2D eigenvalue weighted by Crippen LogP contribution is -2.28. The molecule has 7 nitrogen and oxygen atoms in total. The van der Waals surface area contributed by atoms with E-state index in [1.807, 2.05) is 43.5 Å². The number of methoxy groups -OCH3 is 1. The first-order valence-electron chi connectivity index (χ1n) is 8.81. The van der Waals surface area contributed by atoms with Gasteiger partial charge in [0.2, 0.25) is 0 Å². The number of H-pyrrole nitrogens is 1. The lowest BCUT2D eigenvalue weighted by atomic mass is 10.0. The summed E-state index contributed by atoms with van der Waals surface area (Å²) < 4.78 is 6.26. The van der Waals surface area contributed by atoms with E-state index in [-0.39, 0.29) is 6.03 Å². The number of anilines is 1. The van der Waals surface area contributed by atoms with Gasteiger partial charge < -0.3 is 15.0 Å². The number of thiazole rings is 1. The van der Waals surface area contributed by atoms with Gasteiger partial charge in [0.15, 0.2) is 11.0 Å². The van der Waals surface area contributed by atoms with Crippen LogP contribution in [0.1, 0.15) is 6.92 Å². The van der Waals surface area contributed by atoms with Crippen LogP contribution < -0.4 is 15.4 Å². The van der Waals surface area contributed by atoms with Crippen molar-refractivity contribution in [2.45, 2.75) is 6.92 Å². The lowest BCUT2D eigenvalue weighted by Gasteiger charge is -2.06. The summed E-state index contributed by atoms with van der Waals surface area (Å²) in [5, 5.41) is 6.06. The molecule has 0 saturated carbocycles. The highest BCUT2D eigenvalue weighted by atomic mass is 32.1. The van der Waals surface area contributed by atoms with Crippen molar-refractivity contribution in [3.8, 4) is 28.3 Å². The fourth-order valence-electron chi connectivity index (χ4n) is 2.94. The van der Waals surface area contributed by atoms with Gasteiger partial charge in [-0.2, -0.15) is 0 Å². The number of nitrogens with one attached hydrogen (secondary N) is 3. The molecule has 4 aromatic rings. The van der Waals surface area contributed by atoms with Crippen LogP contribution in [0.5, 0.6) is 5.88 Å². The minimum absolute atomic E-state index is 0.267. The van der Waals surface area contributed by atoms with Crippen LogP contribution in [0.3, 0.4) is 0 Å². The van der Waals surface area contributed by atoms with Gasteiger partial charge in [-0.25, -0.2) is 9.78 Å². The second-order valence-corrected chi connectivity index (χ2v) is 7.06. The largest absolute Gasteiger partial charge is 0.482 e. The quantitative estimate of drug-likeness (QED) is 0.465. The molecule has 3 heterocycles. The number of nitrogens with zero attached hydrogens (tertiary/aromatic N) is 2. The minimum atomic E-state index is -0.267. The molecule has 0 aliphatic heterocycles. The van der Waals surface area contributed by atoms with Gasteiger partial charge in [-0.1, -0.05) is 17.4 Å². The third kappa shape index (κ3) is 3.54. The summed E-state index contributed by atoms with van der Waals surface area (Å²) in [7, 11) is 1.62. The van der Waals surface area contributed by atoms with Gasteiger partial charge in [0.05, 0.1) is 17.3 Å². The first kappa shape index (κ1) is 18.0. The second kappa shape index (κ2) is 7.69. The highest BCUT2D eigenvalue weighted by molar-refractivity contribution is 7.22. The molecule has 0 aliphatic carbocycles. The molecule has 0 radical (unpaired) electrons. The van der Waals surface area contributed by atoms with Crippen molar-refractivity contribution in [3.63, 3.8) is 0 Å². The number of hydrogen-bond donors (Lipinski definition) is 3. The number of urea groups is 1. The molecule has 142 valence electrons. The number of aromatic amines is 1. The Hall–Kier alpha value is -3.39. The number of pyridine rings is 1. The van der Waals surface area contributed by atoms with Gasteiger partial charge in [-0.15, -0.1) is 0 Å². The second-order valence-electron chi connectivity index (χ2n) is 6.06. The fourth-order valence-corrected chi connectivity index (χ4v) is 3.91. The predicted octanol–water partition coefficient (Wildman–Crippen LogP) is 4.50. The molecule has 28 heavy (non-hydrogen) atoms. The average molecular weight is 393 g/mol. The Bertz CT molecular complexity index is 1120. The molecule has 0 spiro atoms. The van der Waals surface area contributed by atoms with Crippen LogP contribution in [0.25, 0.3) is 32.6 Å². The topological polar surface area (TPSA) is 91.9 Å². The lowest BCUT2D eigenvalue weighted by molar-refractivity contribution is 0.252. The maximum Gasteiger partial charge on any atom is 0.321 e. The highest BCUT2D eigenvalue weighted by Gasteiger charge is 2.15. The average Bonchev–Trinajstić information content (AvgIpc) is 3.34. The Kier molecular flexibility index (Phi) is 4.94. The number of benzene rings is 1. The van der Waals surface area contributed by atoms with E-state index in [9.17, 15) is 4.79 Å². The monoisotopic (exact) mass is 393 g/mol. The Morgan fingerprint density at radius 1 is 1.25 bits per heavy atom. The number of ether oxygens (including phenoxy) is 1. The van der Waals surface area contributed by atoms with Crippen LogP contribution in [0.15, 0.2) is 48.8 Å². The minimum Gasteiger partial charge on any atom is -0.482 e. The van der Waals surface area contributed by atoms with E-state index in [4.69, 9.17) is 4.74 Å². The molecule has 0 saturated heterocycles. The molecule has 2 amide bonds. The molecule has 3 N–H and O–H groups in total. The normalized spacial score (nSPS) is 10.8. The van der Waals surface area contributed by atoms with E-state index in [0.717, 1.165) is 32.6 Å². The van der Waals surface area contributed by atoms with Gasteiger partial charge in [-0.05, 0) is 36.8 Å². The predicted molar refractivity (Wildman–Crippen MR) is 112 cm³/mol. The van der Waals surface area contributed by atoms with Crippen molar-refractivity contribution in [2.24, 2.45) is 0 Å². The number of rotatable bonds is 5. The fraction of sp³-hybridized carbons (Fsp3) is 0.150. The van der Waals surface area contributed by atoms with Gasteiger partial charge in [-0.3, -0.25) is 10.3 Å².